The van der Waals surface area contributed by atoms with Crippen molar-refractivity contribution in [3.8, 4) is 11.6 Å². The van der Waals surface area contributed by atoms with E-state index < -0.39 is 5.82 Å². The Hall–Kier alpha value is -3.81. The third-order valence-electron chi connectivity index (χ3n) is 4.38. The van der Waals surface area contributed by atoms with Crippen LogP contribution in [0.2, 0.25) is 0 Å². The third kappa shape index (κ3) is 4.06. The van der Waals surface area contributed by atoms with Gasteiger partial charge in [-0.3, -0.25) is 4.79 Å². The van der Waals surface area contributed by atoms with Crippen LogP contribution in [0.5, 0.6) is 11.6 Å². The number of pyridine rings is 1. The van der Waals surface area contributed by atoms with E-state index in [0.29, 0.717) is 34.8 Å². The molecule has 0 fully saturated rings. The minimum absolute atomic E-state index is 0.205. The number of amides is 1. The van der Waals surface area contributed by atoms with Crippen LogP contribution < -0.4 is 10.1 Å². The highest BCUT2D eigenvalue weighted by atomic mass is 19.1. The van der Waals surface area contributed by atoms with E-state index >= 15 is 0 Å². The van der Waals surface area contributed by atoms with E-state index in [1.165, 1.54) is 12.1 Å². The predicted molar refractivity (Wildman–Crippen MR) is 105 cm³/mol. The van der Waals surface area contributed by atoms with Gasteiger partial charge < -0.3 is 10.1 Å². The Morgan fingerprint density at radius 3 is 2.90 bits per heavy atom. The van der Waals surface area contributed by atoms with E-state index in [0.717, 1.165) is 5.52 Å². The molecular weight excluding hydrogens is 373 g/mol. The van der Waals surface area contributed by atoms with Crippen LogP contribution in [0.4, 0.5) is 4.39 Å². The molecule has 1 amide bonds. The number of hydrogen-bond acceptors (Lipinski definition) is 5. The lowest BCUT2D eigenvalue weighted by Gasteiger charge is -2.11. The van der Waals surface area contributed by atoms with Crippen LogP contribution in [0.25, 0.3) is 11.0 Å². The van der Waals surface area contributed by atoms with Crippen LogP contribution in [0, 0.1) is 5.82 Å². The van der Waals surface area contributed by atoms with Crippen LogP contribution in [-0.2, 0) is 13.1 Å². The molecule has 0 saturated carbocycles. The number of hydrogen-bond donors (Lipinski definition) is 1. The second-order valence-corrected chi connectivity index (χ2v) is 6.32. The molecule has 2 heterocycles. The highest BCUT2D eigenvalue weighted by molar-refractivity contribution is 5.97. The number of nitrogens with zero attached hydrogens (tertiary/aromatic N) is 4. The number of halogens is 1. The van der Waals surface area contributed by atoms with Gasteiger partial charge in [-0.05, 0) is 43.3 Å². The number of aryl methyl sites for hydroxylation is 1. The van der Waals surface area contributed by atoms with E-state index in [1.807, 2.05) is 13.0 Å². The summed E-state index contributed by atoms with van der Waals surface area (Å²) < 4.78 is 20.8. The van der Waals surface area contributed by atoms with Crippen molar-refractivity contribution < 1.29 is 13.9 Å². The number of nitrogens with one attached hydrogen (secondary N) is 1. The second-order valence-electron chi connectivity index (χ2n) is 6.32. The first-order valence-corrected chi connectivity index (χ1v) is 9.13. The average Bonchev–Trinajstić information content (AvgIpc) is 3.15. The Kier molecular flexibility index (Phi) is 5.15. The third-order valence-corrected chi connectivity index (χ3v) is 4.38. The molecule has 0 atom stereocenters. The van der Waals surface area contributed by atoms with E-state index in [4.69, 9.17) is 4.74 Å². The first-order valence-electron chi connectivity index (χ1n) is 9.13. The van der Waals surface area contributed by atoms with E-state index in [1.54, 1.807) is 47.3 Å². The zero-order valence-corrected chi connectivity index (χ0v) is 15.7. The largest absolute Gasteiger partial charge is 0.439 e. The molecule has 0 spiro atoms. The van der Waals surface area contributed by atoms with Crippen molar-refractivity contribution in [3.05, 3.63) is 77.7 Å². The molecule has 0 bridgehead atoms. The van der Waals surface area contributed by atoms with Crippen molar-refractivity contribution in [1.29, 1.82) is 0 Å². The molecule has 2 aromatic carbocycles. The molecule has 0 unspecified atom stereocenters. The normalized spacial score (nSPS) is 10.8. The molecule has 4 rings (SSSR count). The summed E-state index contributed by atoms with van der Waals surface area (Å²) in [5.41, 5.74) is 2.69. The van der Waals surface area contributed by atoms with Crippen molar-refractivity contribution in [1.82, 2.24) is 25.3 Å². The standard InChI is InChI=1S/C21H18FN5O2/c1-2-27-19-9-8-14(11-18(19)25-26-27)20(28)24-13-15-5-4-10-23-21(15)29-17-7-3-6-16(22)12-17/h3-12H,2,13H2,1H3,(H,24,28). The maximum Gasteiger partial charge on any atom is 0.251 e. The maximum absolute atomic E-state index is 13.4. The molecule has 4 aromatic rings. The van der Waals surface area contributed by atoms with Crippen molar-refractivity contribution in [3.63, 3.8) is 0 Å². The summed E-state index contributed by atoms with van der Waals surface area (Å²) in [6.45, 7) is 2.89. The summed E-state index contributed by atoms with van der Waals surface area (Å²) in [6, 6.07) is 14.6. The molecule has 0 aliphatic heterocycles. The number of ether oxygens (including phenoxy) is 1. The van der Waals surface area contributed by atoms with Crippen LogP contribution in [0.15, 0.2) is 60.8 Å². The smallest absolute Gasteiger partial charge is 0.251 e. The Labute approximate surface area is 166 Å². The topological polar surface area (TPSA) is 81.9 Å². The first-order chi connectivity index (χ1) is 14.1. The molecule has 0 radical (unpaired) electrons. The Balaban J connectivity index is 1.48. The van der Waals surface area contributed by atoms with Gasteiger partial charge in [-0.25, -0.2) is 14.1 Å². The molecular formula is C21H18FN5O2. The fraction of sp³-hybridized carbons (Fsp3) is 0.143. The van der Waals surface area contributed by atoms with Gasteiger partial charge in [-0.2, -0.15) is 0 Å². The molecule has 1 N–H and O–H groups in total. The number of benzene rings is 2. The number of carbonyl (C=O) groups is 1. The predicted octanol–water partition coefficient (Wildman–Crippen LogP) is 3.71. The summed E-state index contributed by atoms with van der Waals surface area (Å²) in [4.78, 5) is 16.8. The number of fused-ring (bicyclic) bond motifs is 1. The van der Waals surface area contributed by atoms with E-state index in [2.05, 4.69) is 20.6 Å². The molecule has 29 heavy (non-hydrogen) atoms. The zero-order chi connectivity index (χ0) is 20.2. The van der Waals surface area contributed by atoms with Crippen LogP contribution in [-0.4, -0.2) is 25.9 Å². The molecule has 0 aliphatic carbocycles. The Bertz CT molecular complexity index is 1170. The van der Waals surface area contributed by atoms with Gasteiger partial charge in [-0.15, -0.1) is 5.10 Å². The van der Waals surface area contributed by atoms with Crippen molar-refractivity contribution in [2.24, 2.45) is 0 Å². The van der Waals surface area contributed by atoms with Crippen LogP contribution in [0.3, 0.4) is 0 Å². The lowest BCUT2D eigenvalue weighted by atomic mass is 10.1. The number of carbonyl (C=O) groups excluding carboxylic acids is 1. The Morgan fingerprint density at radius 2 is 2.07 bits per heavy atom. The SMILES string of the molecule is CCn1nnc2cc(C(=O)NCc3cccnc3Oc3cccc(F)c3)ccc21. The van der Waals surface area contributed by atoms with Crippen LogP contribution >= 0.6 is 0 Å². The van der Waals surface area contributed by atoms with Gasteiger partial charge in [0.25, 0.3) is 5.91 Å². The van der Waals surface area contributed by atoms with Gasteiger partial charge in [0.15, 0.2) is 0 Å². The summed E-state index contributed by atoms with van der Waals surface area (Å²) in [5, 5.41) is 11.0. The van der Waals surface area contributed by atoms with Crippen molar-refractivity contribution in [2.45, 2.75) is 20.0 Å². The lowest BCUT2D eigenvalue weighted by Crippen LogP contribution is -2.23. The van der Waals surface area contributed by atoms with Gasteiger partial charge in [-0.1, -0.05) is 17.3 Å². The summed E-state index contributed by atoms with van der Waals surface area (Å²) in [5.74, 6) is -0.0114. The van der Waals surface area contributed by atoms with E-state index in [9.17, 15) is 9.18 Å². The maximum atomic E-state index is 13.4. The van der Waals surface area contributed by atoms with Gasteiger partial charge in [0.05, 0.1) is 5.52 Å². The quantitative estimate of drug-likeness (QED) is 0.542. The van der Waals surface area contributed by atoms with Gasteiger partial charge in [0.1, 0.15) is 17.1 Å². The lowest BCUT2D eigenvalue weighted by molar-refractivity contribution is 0.0951. The summed E-state index contributed by atoms with van der Waals surface area (Å²) in [6.07, 6.45) is 1.57. The Morgan fingerprint density at radius 1 is 1.17 bits per heavy atom. The highest BCUT2D eigenvalue weighted by Gasteiger charge is 2.12. The minimum Gasteiger partial charge on any atom is -0.439 e. The fourth-order valence-electron chi connectivity index (χ4n) is 2.92. The summed E-state index contributed by atoms with van der Waals surface area (Å²) in [7, 11) is 0. The van der Waals surface area contributed by atoms with Gasteiger partial charge >= 0.3 is 0 Å². The summed E-state index contributed by atoms with van der Waals surface area (Å²) >= 11 is 0. The zero-order valence-electron chi connectivity index (χ0n) is 15.7. The highest BCUT2D eigenvalue weighted by Crippen LogP contribution is 2.23. The number of rotatable bonds is 6. The van der Waals surface area contributed by atoms with Gasteiger partial charge in [0.2, 0.25) is 5.88 Å². The van der Waals surface area contributed by atoms with Crippen molar-refractivity contribution >= 4 is 16.9 Å². The number of aromatic nitrogens is 4. The molecule has 7 nitrogen and oxygen atoms in total. The molecule has 8 heteroatoms. The fourth-order valence-corrected chi connectivity index (χ4v) is 2.92. The molecule has 2 aromatic heterocycles. The first kappa shape index (κ1) is 18.5. The van der Waals surface area contributed by atoms with E-state index in [-0.39, 0.29) is 12.5 Å². The van der Waals surface area contributed by atoms with Crippen molar-refractivity contribution in [2.75, 3.05) is 0 Å². The molecule has 146 valence electrons. The van der Waals surface area contributed by atoms with Gasteiger partial charge in [0, 0.05) is 36.5 Å². The average molecular weight is 391 g/mol. The monoisotopic (exact) mass is 391 g/mol. The second kappa shape index (κ2) is 8.05. The molecule has 0 aliphatic rings. The minimum atomic E-state index is -0.399. The van der Waals surface area contributed by atoms with Crippen LogP contribution in [0.1, 0.15) is 22.8 Å². The molecule has 0 saturated heterocycles.